The highest BCUT2D eigenvalue weighted by atomic mass is 32.2. The molecule has 0 spiro atoms. The first-order valence-electron chi connectivity index (χ1n) is 8.56. The fourth-order valence-electron chi connectivity index (χ4n) is 2.91. The van der Waals surface area contributed by atoms with Gasteiger partial charge in [-0.3, -0.25) is 9.78 Å². The van der Waals surface area contributed by atoms with Gasteiger partial charge in [0.2, 0.25) is 10.0 Å². The van der Waals surface area contributed by atoms with Crippen molar-refractivity contribution in [3.8, 4) is 5.75 Å². The van der Waals surface area contributed by atoms with Crippen LogP contribution in [-0.2, 0) is 10.0 Å². The first-order valence-corrected chi connectivity index (χ1v) is 10.0. The van der Waals surface area contributed by atoms with E-state index in [0.29, 0.717) is 5.69 Å². The molecule has 146 valence electrons. The van der Waals surface area contributed by atoms with Crippen molar-refractivity contribution in [3.05, 3.63) is 59.3 Å². The van der Waals surface area contributed by atoms with Crippen molar-refractivity contribution < 1.29 is 17.9 Å². The van der Waals surface area contributed by atoms with Crippen LogP contribution in [0.25, 0.3) is 10.9 Å². The maximum absolute atomic E-state index is 12.9. The molecular weight excluding hydrogens is 378 g/mol. The molecule has 0 aliphatic carbocycles. The maximum atomic E-state index is 12.9. The summed E-state index contributed by atoms with van der Waals surface area (Å²) >= 11 is 0. The fraction of sp³-hybridized carbons (Fsp3) is 0.200. The quantitative estimate of drug-likeness (QED) is 0.687. The number of carbonyl (C=O) groups is 1. The second-order valence-electron chi connectivity index (χ2n) is 6.29. The van der Waals surface area contributed by atoms with E-state index in [2.05, 4.69) is 15.0 Å². The number of ether oxygens (including phenoxy) is 1. The fourth-order valence-corrected chi connectivity index (χ4v) is 3.66. The van der Waals surface area contributed by atoms with Gasteiger partial charge >= 0.3 is 0 Å². The van der Waals surface area contributed by atoms with Crippen LogP contribution in [0.4, 0.5) is 5.69 Å². The van der Waals surface area contributed by atoms with Gasteiger partial charge in [-0.15, -0.1) is 0 Å². The van der Waals surface area contributed by atoms with Crippen LogP contribution in [-0.4, -0.2) is 33.5 Å². The number of fused-ring (bicyclic) bond motifs is 1. The van der Waals surface area contributed by atoms with Crippen molar-refractivity contribution in [2.75, 3.05) is 19.5 Å². The number of pyridine rings is 1. The van der Waals surface area contributed by atoms with Gasteiger partial charge in [0, 0.05) is 11.6 Å². The Hall–Kier alpha value is -2.97. The molecule has 0 fully saturated rings. The highest BCUT2D eigenvalue weighted by Crippen LogP contribution is 2.28. The molecule has 3 rings (SSSR count). The topological polar surface area (TPSA) is 97.4 Å². The first-order chi connectivity index (χ1) is 13.3. The predicted octanol–water partition coefficient (Wildman–Crippen LogP) is 3.02. The van der Waals surface area contributed by atoms with Crippen molar-refractivity contribution in [2.45, 2.75) is 18.7 Å². The number of sulfonamides is 1. The summed E-state index contributed by atoms with van der Waals surface area (Å²) in [5.41, 5.74) is 3.65. The summed E-state index contributed by atoms with van der Waals surface area (Å²) in [6.07, 6.45) is 1.63. The van der Waals surface area contributed by atoms with E-state index in [9.17, 15) is 13.2 Å². The number of nitrogens with one attached hydrogen (secondary N) is 2. The third-order valence-corrected chi connectivity index (χ3v) is 6.09. The Morgan fingerprint density at radius 2 is 1.86 bits per heavy atom. The zero-order valence-electron chi connectivity index (χ0n) is 16.0. The highest BCUT2D eigenvalue weighted by Gasteiger charge is 2.19. The van der Waals surface area contributed by atoms with E-state index in [0.717, 1.165) is 22.0 Å². The molecule has 28 heavy (non-hydrogen) atoms. The Kier molecular flexibility index (Phi) is 5.35. The minimum atomic E-state index is -3.69. The summed E-state index contributed by atoms with van der Waals surface area (Å²) in [6.45, 7) is 3.98. The van der Waals surface area contributed by atoms with Crippen LogP contribution >= 0.6 is 0 Å². The molecule has 0 aliphatic rings. The SMILES string of the molecule is CNS(=O)(=O)c1ccc(OC)c(C(=O)Nc2ccnc3c(C)c(C)ccc23)c1. The molecule has 2 N–H and O–H groups in total. The maximum Gasteiger partial charge on any atom is 0.259 e. The molecule has 0 aliphatic heterocycles. The largest absolute Gasteiger partial charge is 0.496 e. The van der Waals surface area contributed by atoms with Crippen LogP contribution in [0.3, 0.4) is 0 Å². The smallest absolute Gasteiger partial charge is 0.259 e. The summed E-state index contributed by atoms with van der Waals surface area (Å²) in [5, 5.41) is 3.65. The minimum Gasteiger partial charge on any atom is -0.496 e. The predicted molar refractivity (Wildman–Crippen MR) is 108 cm³/mol. The van der Waals surface area contributed by atoms with E-state index < -0.39 is 15.9 Å². The van der Waals surface area contributed by atoms with Crippen LogP contribution in [0.2, 0.25) is 0 Å². The molecule has 1 amide bonds. The molecule has 3 aromatic rings. The van der Waals surface area contributed by atoms with Crippen LogP contribution in [0.15, 0.2) is 47.5 Å². The second-order valence-corrected chi connectivity index (χ2v) is 8.17. The van der Waals surface area contributed by atoms with Gasteiger partial charge < -0.3 is 10.1 Å². The number of benzene rings is 2. The van der Waals surface area contributed by atoms with E-state index in [-0.39, 0.29) is 16.2 Å². The second kappa shape index (κ2) is 7.57. The molecule has 0 bridgehead atoms. The molecule has 7 nitrogen and oxygen atoms in total. The number of hydrogen-bond donors (Lipinski definition) is 2. The van der Waals surface area contributed by atoms with Gasteiger partial charge in [0.15, 0.2) is 0 Å². The normalized spacial score (nSPS) is 11.4. The Morgan fingerprint density at radius 3 is 2.54 bits per heavy atom. The molecule has 2 aromatic carbocycles. The Morgan fingerprint density at radius 1 is 1.11 bits per heavy atom. The lowest BCUT2D eigenvalue weighted by molar-refractivity contribution is 0.102. The summed E-state index contributed by atoms with van der Waals surface area (Å²) in [4.78, 5) is 17.3. The molecule has 0 unspecified atom stereocenters. The van der Waals surface area contributed by atoms with E-state index in [4.69, 9.17) is 4.74 Å². The highest BCUT2D eigenvalue weighted by molar-refractivity contribution is 7.89. The Labute approximate surface area is 163 Å². The molecule has 8 heteroatoms. The first kappa shape index (κ1) is 19.8. The summed E-state index contributed by atoms with van der Waals surface area (Å²) < 4.78 is 31.6. The molecule has 1 heterocycles. The van der Waals surface area contributed by atoms with Crippen LogP contribution < -0.4 is 14.8 Å². The molecule has 0 radical (unpaired) electrons. The number of amides is 1. The van der Waals surface area contributed by atoms with Gasteiger partial charge in [-0.25, -0.2) is 13.1 Å². The Balaban J connectivity index is 2.06. The molecule has 0 atom stereocenters. The van der Waals surface area contributed by atoms with Crippen molar-refractivity contribution in [1.29, 1.82) is 0 Å². The van der Waals surface area contributed by atoms with Gasteiger partial charge in [0.1, 0.15) is 5.75 Å². The number of aromatic nitrogens is 1. The number of hydrogen-bond acceptors (Lipinski definition) is 5. The van der Waals surface area contributed by atoms with E-state index >= 15 is 0 Å². The van der Waals surface area contributed by atoms with Crippen molar-refractivity contribution in [1.82, 2.24) is 9.71 Å². The van der Waals surface area contributed by atoms with E-state index in [1.165, 1.54) is 32.4 Å². The van der Waals surface area contributed by atoms with Crippen molar-refractivity contribution in [3.63, 3.8) is 0 Å². The monoisotopic (exact) mass is 399 g/mol. The lowest BCUT2D eigenvalue weighted by atomic mass is 10.0. The van der Waals surface area contributed by atoms with Gasteiger partial charge in [0.05, 0.1) is 28.8 Å². The summed E-state index contributed by atoms with van der Waals surface area (Å²) in [5.74, 6) is -0.200. The lowest BCUT2D eigenvalue weighted by Crippen LogP contribution is -2.20. The standard InChI is InChI=1S/C20H21N3O4S/c1-12-5-7-15-17(9-10-22-19(15)13(12)2)23-20(24)16-11-14(28(25,26)21-3)6-8-18(16)27-4/h5-11,21H,1-4H3,(H,22,23,24). The minimum absolute atomic E-state index is 0.0213. The van der Waals surface area contributed by atoms with Gasteiger partial charge in [-0.1, -0.05) is 12.1 Å². The van der Waals surface area contributed by atoms with Gasteiger partial charge in [-0.05, 0) is 56.3 Å². The molecule has 0 saturated carbocycles. The number of methoxy groups -OCH3 is 1. The van der Waals surface area contributed by atoms with Gasteiger partial charge in [-0.2, -0.15) is 0 Å². The van der Waals surface area contributed by atoms with Crippen LogP contribution in [0, 0.1) is 13.8 Å². The third kappa shape index (κ3) is 3.56. The average molecular weight is 399 g/mol. The molecule has 0 saturated heterocycles. The number of nitrogens with zero attached hydrogens (tertiary/aromatic N) is 1. The zero-order valence-corrected chi connectivity index (χ0v) is 16.8. The Bertz CT molecular complexity index is 1170. The summed E-state index contributed by atoms with van der Waals surface area (Å²) in [7, 11) is -0.957. The molecule has 1 aromatic heterocycles. The lowest BCUT2D eigenvalue weighted by Gasteiger charge is -2.13. The number of aryl methyl sites for hydroxylation is 2. The number of carbonyl (C=O) groups excluding carboxylic acids is 1. The van der Waals surface area contributed by atoms with E-state index in [1.54, 1.807) is 12.3 Å². The third-order valence-electron chi connectivity index (χ3n) is 4.68. The van der Waals surface area contributed by atoms with Crippen molar-refractivity contribution in [2.24, 2.45) is 0 Å². The average Bonchev–Trinajstić information content (AvgIpc) is 2.70. The number of anilines is 1. The zero-order chi connectivity index (χ0) is 20.5. The van der Waals surface area contributed by atoms with Crippen LogP contribution in [0.1, 0.15) is 21.5 Å². The van der Waals surface area contributed by atoms with Crippen LogP contribution in [0.5, 0.6) is 5.75 Å². The van der Waals surface area contributed by atoms with Crippen molar-refractivity contribution >= 4 is 32.5 Å². The summed E-state index contributed by atoms with van der Waals surface area (Å²) in [6, 6.07) is 9.70. The van der Waals surface area contributed by atoms with Gasteiger partial charge in [0.25, 0.3) is 5.91 Å². The van der Waals surface area contributed by atoms with E-state index in [1.807, 2.05) is 26.0 Å². The number of rotatable bonds is 5. The molecular formula is C20H21N3O4S.